The maximum Gasteiger partial charge on any atom is 0.416 e. The summed E-state index contributed by atoms with van der Waals surface area (Å²) in [4.78, 5) is 5.47. The van der Waals surface area contributed by atoms with Gasteiger partial charge in [-0.05, 0) is 38.5 Å². The zero-order valence-corrected chi connectivity index (χ0v) is 12.2. The number of halogens is 3. The Balaban J connectivity index is 2.14. The van der Waals surface area contributed by atoms with E-state index in [1.165, 1.54) is 13.0 Å². The summed E-state index contributed by atoms with van der Waals surface area (Å²) in [6.45, 7) is 5.78. The highest BCUT2D eigenvalue weighted by atomic mass is 32.1. The van der Waals surface area contributed by atoms with Gasteiger partial charge in [-0.15, -0.1) is 11.3 Å². The second-order valence-corrected chi connectivity index (χ2v) is 5.92. The summed E-state index contributed by atoms with van der Waals surface area (Å²) in [7, 11) is 0. The number of hydrogen-bond acceptors (Lipinski definition) is 3. The monoisotopic (exact) mass is 300 g/mol. The molecule has 1 N–H and O–H groups in total. The molecule has 108 valence electrons. The van der Waals surface area contributed by atoms with E-state index in [4.69, 9.17) is 0 Å². The maximum atomic E-state index is 12.8. The second kappa shape index (κ2) is 5.44. The van der Waals surface area contributed by atoms with Gasteiger partial charge in [0.1, 0.15) is 5.01 Å². The minimum Gasteiger partial charge on any atom is -0.379 e. The predicted molar refractivity (Wildman–Crippen MR) is 75.1 cm³/mol. The van der Waals surface area contributed by atoms with Crippen LogP contribution in [0, 0.1) is 20.8 Å². The van der Waals surface area contributed by atoms with Crippen LogP contribution < -0.4 is 5.32 Å². The number of benzene rings is 1. The Morgan fingerprint density at radius 2 is 1.90 bits per heavy atom. The molecule has 0 aliphatic carbocycles. The molecule has 0 atom stereocenters. The molecule has 1 aromatic heterocycles. The van der Waals surface area contributed by atoms with E-state index >= 15 is 0 Å². The van der Waals surface area contributed by atoms with Crippen LogP contribution in [0.5, 0.6) is 0 Å². The van der Waals surface area contributed by atoms with Crippen LogP contribution >= 0.6 is 11.3 Å². The van der Waals surface area contributed by atoms with E-state index in [0.29, 0.717) is 12.2 Å². The number of aryl methyl sites for hydroxylation is 3. The lowest BCUT2D eigenvalue weighted by atomic mass is 10.1. The Labute approximate surface area is 119 Å². The standard InChI is InChI=1S/C14H15F3N2S/c1-8-4-5-11(6-12(8)14(15,16)17)18-7-13-19-9(2)10(3)20-13/h4-6,18H,7H2,1-3H3. The number of thiazole rings is 1. The van der Waals surface area contributed by atoms with Crippen LogP contribution in [0.25, 0.3) is 0 Å². The van der Waals surface area contributed by atoms with Gasteiger partial charge in [0.05, 0.1) is 17.8 Å². The third kappa shape index (κ3) is 3.30. The molecule has 0 radical (unpaired) electrons. The molecule has 0 unspecified atom stereocenters. The van der Waals surface area contributed by atoms with Crippen molar-refractivity contribution in [2.24, 2.45) is 0 Å². The molecule has 2 rings (SSSR count). The Morgan fingerprint density at radius 3 is 2.45 bits per heavy atom. The van der Waals surface area contributed by atoms with Gasteiger partial charge in [-0.2, -0.15) is 13.2 Å². The Kier molecular flexibility index (Phi) is 4.04. The minimum absolute atomic E-state index is 0.226. The number of hydrogen-bond donors (Lipinski definition) is 1. The van der Waals surface area contributed by atoms with E-state index in [-0.39, 0.29) is 5.56 Å². The molecule has 0 aliphatic rings. The summed E-state index contributed by atoms with van der Waals surface area (Å²) >= 11 is 1.55. The lowest BCUT2D eigenvalue weighted by Crippen LogP contribution is -2.08. The first kappa shape index (κ1) is 14.8. The van der Waals surface area contributed by atoms with Gasteiger partial charge in [0, 0.05) is 10.6 Å². The minimum atomic E-state index is -4.32. The van der Waals surface area contributed by atoms with Crippen molar-refractivity contribution in [3.63, 3.8) is 0 Å². The Morgan fingerprint density at radius 1 is 1.20 bits per heavy atom. The lowest BCUT2D eigenvalue weighted by Gasteiger charge is -2.12. The first-order valence-corrected chi connectivity index (χ1v) is 6.93. The van der Waals surface area contributed by atoms with E-state index in [2.05, 4.69) is 10.3 Å². The molecular formula is C14H15F3N2S. The van der Waals surface area contributed by atoms with Gasteiger partial charge in [-0.3, -0.25) is 0 Å². The second-order valence-electron chi connectivity index (χ2n) is 4.63. The van der Waals surface area contributed by atoms with Gasteiger partial charge in [0.25, 0.3) is 0 Å². The van der Waals surface area contributed by atoms with Crippen molar-refractivity contribution >= 4 is 17.0 Å². The number of aromatic nitrogens is 1. The fourth-order valence-corrected chi connectivity index (χ4v) is 2.70. The summed E-state index contributed by atoms with van der Waals surface area (Å²) in [5, 5.41) is 3.86. The zero-order valence-electron chi connectivity index (χ0n) is 11.4. The molecule has 0 aliphatic heterocycles. The molecule has 0 amide bonds. The van der Waals surface area contributed by atoms with Gasteiger partial charge < -0.3 is 5.32 Å². The van der Waals surface area contributed by atoms with Crippen molar-refractivity contribution in [2.75, 3.05) is 5.32 Å². The molecule has 2 aromatic rings. The highest BCUT2D eigenvalue weighted by molar-refractivity contribution is 7.11. The smallest absolute Gasteiger partial charge is 0.379 e. The van der Waals surface area contributed by atoms with Crippen LogP contribution in [-0.2, 0) is 12.7 Å². The molecule has 6 heteroatoms. The van der Waals surface area contributed by atoms with Crippen LogP contribution in [0.3, 0.4) is 0 Å². The molecule has 0 saturated heterocycles. The largest absolute Gasteiger partial charge is 0.416 e. The predicted octanol–water partition coefficient (Wildman–Crippen LogP) is 4.70. The molecule has 0 spiro atoms. The van der Waals surface area contributed by atoms with Gasteiger partial charge in [0.15, 0.2) is 0 Å². The molecule has 1 heterocycles. The van der Waals surface area contributed by atoms with E-state index in [0.717, 1.165) is 21.6 Å². The molecule has 0 saturated carbocycles. The van der Waals surface area contributed by atoms with Crippen LogP contribution in [0.4, 0.5) is 18.9 Å². The number of nitrogens with one attached hydrogen (secondary N) is 1. The summed E-state index contributed by atoms with van der Waals surface area (Å²) in [6, 6.07) is 4.27. The Hall–Kier alpha value is -1.56. The SMILES string of the molecule is Cc1ccc(NCc2nc(C)c(C)s2)cc1C(F)(F)F. The lowest BCUT2D eigenvalue weighted by molar-refractivity contribution is -0.138. The van der Waals surface area contributed by atoms with Crippen LogP contribution in [0.1, 0.15) is 26.7 Å². The normalized spacial score (nSPS) is 11.7. The highest BCUT2D eigenvalue weighted by Gasteiger charge is 2.32. The van der Waals surface area contributed by atoms with Gasteiger partial charge >= 0.3 is 6.18 Å². The van der Waals surface area contributed by atoms with E-state index in [1.54, 1.807) is 17.4 Å². The highest BCUT2D eigenvalue weighted by Crippen LogP contribution is 2.33. The van der Waals surface area contributed by atoms with Crippen LogP contribution in [0.15, 0.2) is 18.2 Å². The van der Waals surface area contributed by atoms with Crippen molar-refractivity contribution in [1.29, 1.82) is 0 Å². The van der Waals surface area contributed by atoms with Crippen LogP contribution in [0.2, 0.25) is 0 Å². The van der Waals surface area contributed by atoms with Crippen molar-refractivity contribution in [3.05, 3.63) is 44.9 Å². The first-order valence-electron chi connectivity index (χ1n) is 6.12. The molecule has 2 nitrogen and oxygen atoms in total. The fourth-order valence-electron chi connectivity index (χ4n) is 1.83. The van der Waals surface area contributed by atoms with Crippen LogP contribution in [-0.4, -0.2) is 4.98 Å². The number of alkyl halides is 3. The molecule has 1 aromatic carbocycles. The molecular weight excluding hydrogens is 285 g/mol. The van der Waals surface area contributed by atoms with Crippen molar-refractivity contribution in [2.45, 2.75) is 33.5 Å². The van der Waals surface area contributed by atoms with E-state index in [9.17, 15) is 13.2 Å². The van der Waals surface area contributed by atoms with Crippen molar-refractivity contribution < 1.29 is 13.2 Å². The van der Waals surface area contributed by atoms with Gasteiger partial charge in [0.2, 0.25) is 0 Å². The summed E-state index contributed by atoms with van der Waals surface area (Å²) in [6.07, 6.45) is -4.32. The zero-order chi connectivity index (χ0) is 14.9. The summed E-state index contributed by atoms with van der Waals surface area (Å²) < 4.78 is 38.4. The number of rotatable bonds is 3. The average Bonchev–Trinajstić information content (AvgIpc) is 2.66. The van der Waals surface area contributed by atoms with Gasteiger partial charge in [-0.1, -0.05) is 6.07 Å². The summed E-state index contributed by atoms with van der Waals surface area (Å²) in [5.41, 5.74) is 1.04. The number of anilines is 1. The summed E-state index contributed by atoms with van der Waals surface area (Å²) in [5.74, 6) is 0. The third-order valence-corrected chi connectivity index (χ3v) is 4.13. The van der Waals surface area contributed by atoms with Gasteiger partial charge in [-0.25, -0.2) is 4.98 Å². The topological polar surface area (TPSA) is 24.9 Å². The fraction of sp³-hybridized carbons (Fsp3) is 0.357. The van der Waals surface area contributed by atoms with E-state index < -0.39 is 11.7 Å². The van der Waals surface area contributed by atoms with Crippen molar-refractivity contribution in [1.82, 2.24) is 4.98 Å². The first-order chi connectivity index (χ1) is 9.27. The number of nitrogens with zero attached hydrogens (tertiary/aromatic N) is 1. The molecule has 20 heavy (non-hydrogen) atoms. The third-order valence-electron chi connectivity index (χ3n) is 3.06. The molecule has 0 bridgehead atoms. The average molecular weight is 300 g/mol. The molecule has 0 fully saturated rings. The van der Waals surface area contributed by atoms with Crippen molar-refractivity contribution in [3.8, 4) is 0 Å². The maximum absolute atomic E-state index is 12.8. The Bertz CT molecular complexity index is 598. The quantitative estimate of drug-likeness (QED) is 0.888. The van der Waals surface area contributed by atoms with E-state index in [1.807, 2.05) is 13.8 Å².